The van der Waals surface area contributed by atoms with Gasteiger partial charge in [-0.25, -0.2) is 0 Å². The summed E-state index contributed by atoms with van der Waals surface area (Å²) in [6.07, 6.45) is 3.03. The molecule has 2 fully saturated rings. The summed E-state index contributed by atoms with van der Waals surface area (Å²) in [5.74, 6) is 3.39. The zero-order valence-corrected chi connectivity index (χ0v) is 13.4. The number of hydrogen-bond donors (Lipinski definition) is 1. The molecule has 4 heteroatoms. The van der Waals surface area contributed by atoms with Crippen LogP contribution in [0.2, 0.25) is 0 Å². The monoisotopic (exact) mass is 284 g/mol. The van der Waals surface area contributed by atoms with Crippen LogP contribution in [0.25, 0.3) is 0 Å². The molecule has 2 aliphatic heterocycles. The van der Waals surface area contributed by atoms with Gasteiger partial charge < -0.3 is 10.2 Å². The fourth-order valence-corrected chi connectivity index (χ4v) is 4.03. The largest absolute Gasteiger partial charge is 0.343 e. The van der Waals surface area contributed by atoms with Crippen molar-refractivity contribution in [2.24, 2.45) is 11.3 Å². The third-order valence-electron chi connectivity index (χ3n) is 4.49. The molecule has 19 heavy (non-hydrogen) atoms. The number of piperidine rings is 1. The smallest absolute Gasteiger partial charge is 0.224 e. The zero-order valence-electron chi connectivity index (χ0n) is 12.6. The summed E-state index contributed by atoms with van der Waals surface area (Å²) < 4.78 is 0. The summed E-state index contributed by atoms with van der Waals surface area (Å²) in [5.41, 5.74) is 0.386. The van der Waals surface area contributed by atoms with Crippen molar-refractivity contribution < 1.29 is 4.79 Å². The number of likely N-dealkylation sites (tertiary alicyclic amines) is 1. The van der Waals surface area contributed by atoms with Gasteiger partial charge in [0.25, 0.3) is 0 Å². The molecular formula is C15H28N2OS. The Morgan fingerprint density at radius 1 is 1.32 bits per heavy atom. The lowest BCUT2D eigenvalue weighted by atomic mass is 9.75. The average molecular weight is 284 g/mol. The minimum atomic E-state index is 0.354. The predicted octanol–water partition coefficient (Wildman–Crippen LogP) is 2.37. The lowest BCUT2D eigenvalue weighted by molar-refractivity contribution is -0.133. The van der Waals surface area contributed by atoms with Gasteiger partial charge in [-0.3, -0.25) is 4.79 Å². The van der Waals surface area contributed by atoms with Crippen molar-refractivity contribution in [3.05, 3.63) is 0 Å². The molecule has 2 heterocycles. The SMILES string of the molecule is CC(C)(C)C1CCN(C(=O)CC2CSCCN2)CC1. The highest BCUT2D eigenvalue weighted by molar-refractivity contribution is 7.99. The Hall–Kier alpha value is -0.220. The normalized spacial score (nSPS) is 26.5. The summed E-state index contributed by atoms with van der Waals surface area (Å²) >= 11 is 1.96. The number of carbonyl (C=O) groups is 1. The number of carbonyl (C=O) groups excluding carboxylic acids is 1. The first-order valence-corrected chi connectivity index (χ1v) is 8.71. The molecule has 1 amide bonds. The lowest BCUT2D eigenvalue weighted by Crippen LogP contribution is -2.45. The number of amides is 1. The van der Waals surface area contributed by atoms with Crippen molar-refractivity contribution >= 4 is 17.7 Å². The Balaban J connectivity index is 1.76. The van der Waals surface area contributed by atoms with E-state index in [2.05, 4.69) is 31.0 Å². The minimum Gasteiger partial charge on any atom is -0.343 e. The number of nitrogens with zero attached hydrogens (tertiary/aromatic N) is 1. The topological polar surface area (TPSA) is 32.3 Å². The lowest BCUT2D eigenvalue weighted by Gasteiger charge is -2.39. The van der Waals surface area contributed by atoms with Crippen molar-refractivity contribution in [2.75, 3.05) is 31.1 Å². The number of thioether (sulfide) groups is 1. The van der Waals surface area contributed by atoms with Crippen molar-refractivity contribution in [1.29, 1.82) is 0 Å². The summed E-state index contributed by atoms with van der Waals surface area (Å²) in [6.45, 7) is 9.92. The minimum absolute atomic E-state index is 0.354. The summed E-state index contributed by atoms with van der Waals surface area (Å²) in [7, 11) is 0. The maximum absolute atomic E-state index is 12.3. The Kier molecular flexibility index (Phi) is 5.18. The molecule has 0 spiro atoms. The van der Waals surface area contributed by atoms with Gasteiger partial charge in [0.1, 0.15) is 0 Å². The van der Waals surface area contributed by atoms with Gasteiger partial charge in [0.2, 0.25) is 5.91 Å². The molecule has 0 saturated carbocycles. The van der Waals surface area contributed by atoms with E-state index in [4.69, 9.17) is 0 Å². The Morgan fingerprint density at radius 2 is 2.00 bits per heavy atom. The average Bonchev–Trinajstić information content (AvgIpc) is 2.39. The molecule has 2 rings (SSSR count). The summed E-state index contributed by atoms with van der Waals surface area (Å²) in [5, 5.41) is 3.45. The number of rotatable bonds is 2. The quantitative estimate of drug-likeness (QED) is 0.845. The molecule has 0 bridgehead atoms. The van der Waals surface area contributed by atoms with E-state index in [1.54, 1.807) is 0 Å². The maximum Gasteiger partial charge on any atom is 0.224 e. The molecule has 0 aromatic carbocycles. The highest BCUT2D eigenvalue weighted by Crippen LogP contribution is 2.34. The van der Waals surface area contributed by atoms with E-state index in [1.165, 1.54) is 18.6 Å². The van der Waals surface area contributed by atoms with Gasteiger partial charge in [-0.05, 0) is 24.2 Å². The van der Waals surface area contributed by atoms with Gasteiger partial charge in [-0.1, -0.05) is 20.8 Å². The Labute approximate surface area is 121 Å². The van der Waals surface area contributed by atoms with E-state index in [1.807, 2.05) is 11.8 Å². The molecule has 1 atom stereocenters. The van der Waals surface area contributed by atoms with Crippen molar-refractivity contribution in [2.45, 2.75) is 46.1 Å². The maximum atomic E-state index is 12.3. The van der Waals surface area contributed by atoms with Crippen LogP contribution in [0.4, 0.5) is 0 Å². The van der Waals surface area contributed by atoms with Gasteiger partial charge >= 0.3 is 0 Å². The van der Waals surface area contributed by atoms with Crippen molar-refractivity contribution in [3.8, 4) is 0 Å². The second-order valence-corrected chi connectivity index (χ2v) is 8.10. The molecule has 2 saturated heterocycles. The fraction of sp³-hybridized carbons (Fsp3) is 0.933. The van der Waals surface area contributed by atoms with Crippen molar-refractivity contribution in [3.63, 3.8) is 0 Å². The van der Waals surface area contributed by atoms with Crippen LogP contribution in [0, 0.1) is 11.3 Å². The number of nitrogens with one attached hydrogen (secondary N) is 1. The molecular weight excluding hydrogens is 256 g/mol. The Bertz CT molecular complexity index is 300. The molecule has 2 aliphatic rings. The summed E-state index contributed by atoms with van der Waals surface area (Å²) in [6, 6.07) is 0.395. The van der Waals surface area contributed by atoms with Crippen LogP contribution in [0.15, 0.2) is 0 Å². The van der Waals surface area contributed by atoms with Crippen LogP contribution < -0.4 is 5.32 Å². The third kappa shape index (κ3) is 4.38. The second-order valence-electron chi connectivity index (χ2n) is 6.95. The zero-order chi connectivity index (χ0) is 13.9. The molecule has 0 aromatic heterocycles. The van der Waals surface area contributed by atoms with Gasteiger partial charge in [0.15, 0.2) is 0 Å². The van der Waals surface area contributed by atoms with Crippen molar-refractivity contribution in [1.82, 2.24) is 10.2 Å². The third-order valence-corrected chi connectivity index (χ3v) is 5.62. The van der Waals surface area contributed by atoms with Gasteiger partial charge in [-0.15, -0.1) is 0 Å². The van der Waals surface area contributed by atoms with E-state index >= 15 is 0 Å². The van der Waals surface area contributed by atoms with Gasteiger partial charge in [0.05, 0.1) is 0 Å². The molecule has 110 valence electrons. The first-order chi connectivity index (χ1) is 8.97. The van der Waals surface area contributed by atoms with Crippen LogP contribution in [-0.2, 0) is 4.79 Å². The highest BCUT2D eigenvalue weighted by Gasteiger charge is 2.31. The summed E-state index contributed by atoms with van der Waals surface area (Å²) in [4.78, 5) is 14.4. The standard InChI is InChI=1S/C15H28N2OS/c1-15(2,3)12-4-7-17(8-5-12)14(18)10-13-11-19-9-6-16-13/h12-13,16H,4-11H2,1-3H3. The molecule has 3 nitrogen and oxygen atoms in total. The second kappa shape index (κ2) is 6.49. The number of hydrogen-bond acceptors (Lipinski definition) is 3. The van der Waals surface area contributed by atoms with E-state index in [0.29, 0.717) is 23.8 Å². The first kappa shape index (κ1) is 15.2. The van der Waals surface area contributed by atoms with E-state index in [0.717, 1.165) is 31.3 Å². The molecule has 1 unspecified atom stereocenters. The van der Waals surface area contributed by atoms with Crippen LogP contribution >= 0.6 is 11.8 Å². The first-order valence-electron chi connectivity index (χ1n) is 7.55. The Morgan fingerprint density at radius 3 is 2.53 bits per heavy atom. The predicted molar refractivity (Wildman–Crippen MR) is 82.5 cm³/mol. The van der Waals surface area contributed by atoms with E-state index < -0.39 is 0 Å². The van der Waals surface area contributed by atoms with E-state index in [-0.39, 0.29) is 0 Å². The highest BCUT2D eigenvalue weighted by atomic mass is 32.2. The van der Waals surface area contributed by atoms with Crippen LogP contribution in [0.1, 0.15) is 40.0 Å². The van der Waals surface area contributed by atoms with Crippen LogP contribution in [0.3, 0.4) is 0 Å². The van der Waals surface area contributed by atoms with Gasteiger partial charge in [-0.2, -0.15) is 11.8 Å². The van der Waals surface area contributed by atoms with Crippen LogP contribution in [-0.4, -0.2) is 48.0 Å². The molecule has 0 radical (unpaired) electrons. The fourth-order valence-electron chi connectivity index (χ4n) is 3.09. The molecule has 0 aliphatic carbocycles. The van der Waals surface area contributed by atoms with E-state index in [9.17, 15) is 4.79 Å². The molecule has 1 N–H and O–H groups in total. The molecule has 0 aromatic rings. The van der Waals surface area contributed by atoms with Gasteiger partial charge in [0, 0.05) is 43.6 Å². The van der Waals surface area contributed by atoms with Crippen LogP contribution in [0.5, 0.6) is 0 Å².